The van der Waals surface area contributed by atoms with Crippen LogP contribution in [0.3, 0.4) is 0 Å². The maximum Gasteiger partial charge on any atom is 0.244 e. The highest BCUT2D eigenvalue weighted by molar-refractivity contribution is 5.87. The van der Waals surface area contributed by atoms with Crippen LogP contribution in [-0.4, -0.2) is 11.4 Å². The number of carbonyl (C=O) groups excluding carboxylic acids is 1. The molecule has 2 heteroatoms. The second kappa shape index (κ2) is 6.63. The molecule has 0 aromatic rings. The fraction of sp³-hybridized carbons (Fsp3) is 0.750. The monoisotopic (exact) mass is 197 g/mol. The van der Waals surface area contributed by atoms with Crippen LogP contribution in [0, 0.1) is 0 Å². The quantitative estimate of drug-likeness (QED) is 0.514. The lowest BCUT2D eigenvalue weighted by atomic mass is 9.96. The van der Waals surface area contributed by atoms with Gasteiger partial charge in [0.15, 0.2) is 0 Å². The molecule has 0 aromatic heterocycles. The topological polar surface area (TPSA) is 29.1 Å². The van der Waals surface area contributed by atoms with Crippen LogP contribution in [-0.2, 0) is 4.79 Å². The number of allylic oxidation sites excluding steroid dienone is 1. The van der Waals surface area contributed by atoms with Crippen LogP contribution in [0.1, 0.15) is 53.4 Å². The van der Waals surface area contributed by atoms with Gasteiger partial charge >= 0.3 is 0 Å². The second-order valence-corrected chi connectivity index (χ2v) is 4.33. The number of amides is 1. The molecular weight excluding hydrogens is 174 g/mol. The van der Waals surface area contributed by atoms with Crippen molar-refractivity contribution >= 4 is 5.91 Å². The van der Waals surface area contributed by atoms with Crippen molar-refractivity contribution in [2.45, 2.75) is 58.9 Å². The molecule has 0 aliphatic carbocycles. The molecule has 0 radical (unpaired) electrons. The summed E-state index contributed by atoms with van der Waals surface area (Å²) >= 11 is 0. The third-order valence-corrected chi connectivity index (χ3v) is 2.18. The van der Waals surface area contributed by atoms with Crippen LogP contribution < -0.4 is 5.32 Å². The first-order valence-corrected chi connectivity index (χ1v) is 5.46. The largest absolute Gasteiger partial charge is 0.348 e. The molecule has 0 spiro atoms. The van der Waals surface area contributed by atoms with Gasteiger partial charge in [-0.25, -0.2) is 0 Å². The zero-order valence-corrected chi connectivity index (χ0v) is 9.89. The SMILES string of the molecule is CC=CC(=O)NC(C)(C)CCCCC. The highest BCUT2D eigenvalue weighted by Crippen LogP contribution is 2.13. The molecule has 0 rings (SSSR count). The van der Waals surface area contributed by atoms with E-state index < -0.39 is 0 Å². The average Bonchev–Trinajstić information content (AvgIpc) is 2.03. The molecule has 1 amide bonds. The van der Waals surface area contributed by atoms with E-state index in [2.05, 4.69) is 26.1 Å². The van der Waals surface area contributed by atoms with Crippen molar-refractivity contribution in [3.63, 3.8) is 0 Å². The Kier molecular flexibility index (Phi) is 6.26. The van der Waals surface area contributed by atoms with Crippen molar-refractivity contribution in [2.24, 2.45) is 0 Å². The third kappa shape index (κ3) is 6.70. The summed E-state index contributed by atoms with van der Waals surface area (Å²) in [5, 5.41) is 2.99. The minimum absolute atomic E-state index is 0.00833. The molecule has 0 unspecified atom stereocenters. The van der Waals surface area contributed by atoms with E-state index in [-0.39, 0.29) is 11.4 Å². The van der Waals surface area contributed by atoms with Gasteiger partial charge in [0.05, 0.1) is 0 Å². The van der Waals surface area contributed by atoms with Gasteiger partial charge in [0, 0.05) is 5.54 Å². The zero-order chi connectivity index (χ0) is 11.0. The maximum absolute atomic E-state index is 11.3. The summed E-state index contributed by atoms with van der Waals surface area (Å²) < 4.78 is 0. The van der Waals surface area contributed by atoms with Gasteiger partial charge in [-0.3, -0.25) is 4.79 Å². The predicted octanol–water partition coefficient (Wildman–Crippen LogP) is 3.04. The van der Waals surface area contributed by atoms with E-state index in [4.69, 9.17) is 0 Å². The molecule has 1 N–H and O–H groups in total. The Bertz CT molecular complexity index is 194. The lowest BCUT2D eigenvalue weighted by molar-refractivity contribution is -0.118. The lowest BCUT2D eigenvalue weighted by Gasteiger charge is -2.25. The molecule has 0 aliphatic rings. The first-order valence-electron chi connectivity index (χ1n) is 5.46. The summed E-state index contributed by atoms with van der Waals surface area (Å²) in [6, 6.07) is 0. The zero-order valence-electron chi connectivity index (χ0n) is 9.89. The molecule has 0 atom stereocenters. The highest BCUT2D eigenvalue weighted by Gasteiger charge is 2.17. The van der Waals surface area contributed by atoms with Crippen LogP contribution in [0.15, 0.2) is 12.2 Å². The van der Waals surface area contributed by atoms with E-state index >= 15 is 0 Å². The highest BCUT2D eigenvalue weighted by atomic mass is 16.1. The lowest BCUT2D eigenvalue weighted by Crippen LogP contribution is -2.42. The molecule has 0 saturated carbocycles. The Morgan fingerprint density at radius 1 is 1.36 bits per heavy atom. The van der Waals surface area contributed by atoms with E-state index in [1.807, 2.05) is 6.92 Å². The van der Waals surface area contributed by atoms with Crippen molar-refractivity contribution in [3.05, 3.63) is 12.2 Å². The Labute approximate surface area is 87.8 Å². The second-order valence-electron chi connectivity index (χ2n) is 4.33. The minimum Gasteiger partial charge on any atom is -0.348 e. The van der Waals surface area contributed by atoms with Crippen molar-refractivity contribution in [1.82, 2.24) is 5.32 Å². The maximum atomic E-state index is 11.3. The van der Waals surface area contributed by atoms with Gasteiger partial charge < -0.3 is 5.32 Å². The Morgan fingerprint density at radius 2 is 2.00 bits per heavy atom. The molecular formula is C12H23NO. The van der Waals surface area contributed by atoms with E-state index in [1.165, 1.54) is 19.3 Å². The molecule has 0 aliphatic heterocycles. The normalized spacial score (nSPS) is 12.0. The predicted molar refractivity (Wildman–Crippen MR) is 61.2 cm³/mol. The first kappa shape index (κ1) is 13.2. The van der Waals surface area contributed by atoms with E-state index in [0.29, 0.717) is 0 Å². The third-order valence-electron chi connectivity index (χ3n) is 2.18. The molecule has 0 bridgehead atoms. The van der Waals surface area contributed by atoms with Gasteiger partial charge in [0.1, 0.15) is 0 Å². The summed E-state index contributed by atoms with van der Waals surface area (Å²) in [7, 11) is 0. The Balaban J connectivity index is 3.87. The van der Waals surface area contributed by atoms with E-state index in [9.17, 15) is 4.79 Å². The smallest absolute Gasteiger partial charge is 0.244 e. The van der Waals surface area contributed by atoms with Gasteiger partial charge in [-0.05, 0) is 33.3 Å². The van der Waals surface area contributed by atoms with Crippen LogP contribution in [0.25, 0.3) is 0 Å². The summed E-state index contributed by atoms with van der Waals surface area (Å²) in [4.78, 5) is 11.3. The number of rotatable bonds is 6. The summed E-state index contributed by atoms with van der Waals surface area (Å²) in [6.45, 7) is 8.18. The van der Waals surface area contributed by atoms with Crippen molar-refractivity contribution in [3.8, 4) is 0 Å². The molecule has 2 nitrogen and oxygen atoms in total. The van der Waals surface area contributed by atoms with E-state index in [0.717, 1.165) is 6.42 Å². The summed E-state index contributed by atoms with van der Waals surface area (Å²) in [5.74, 6) is 0.00833. The molecule has 14 heavy (non-hydrogen) atoms. The van der Waals surface area contributed by atoms with Gasteiger partial charge in [-0.15, -0.1) is 0 Å². The molecule has 0 fully saturated rings. The number of carbonyl (C=O) groups is 1. The summed E-state index contributed by atoms with van der Waals surface area (Å²) in [6.07, 6.45) is 8.02. The number of nitrogens with one attached hydrogen (secondary N) is 1. The van der Waals surface area contributed by atoms with Gasteiger partial charge in [0.2, 0.25) is 5.91 Å². The molecule has 0 aromatic carbocycles. The van der Waals surface area contributed by atoms with Crippen LogP contribution in [0.4, 0.5) is 0 Å². The van der Waals surface area contributed by atoms with Crippen molar-refractivity contribution < 1.29 is 4.79 Å². The van der Waals surface area contributed by atoms with E-state index in [1.54, 1.807) is 12.2 Å². The molecule has 0 saturated heterocycles. The van der Waals surface area contributed by atoms with Crippen molar-refractivity contribution in [1.29, 1.82) is 0 Å². The van der Waals surface area contributed by atoms with Crippen LogP contribution in [0.5, 0.6) is 0 Å². The summed E-state index contributed by atoms with van der Waals surface area (Å²) in [5.41, 5.74) is -0.0776. The minimum atomic E-state index is -0.0776. The number of hydrogen-bond acceptors (Lipinski definition) is 1. The standard InChI is InChI=1S/C12H23NO/c1-5-7-8-10-12(3,4)13-11(14)9-6-2/h6,9H,5,7-8,10H2,1-4H3,(H,13,14). The van der Waals surface area contributed by atoms with Gasteiger partial charge in [-0.1, -0.05) is 32.3 Å². The van der Waals surface area contributed by atoms with Crippen LogP contribution >= 0.6 is 0 Å². The number of unbranched alkanes of at least 4 members (excludes halogenated alkanes) is 2. The van der Waals surface area contributed by atoms with Gasteiger partial charge in [-0.2, -0.15) is 0 Å². The van der Waals surface area contributed by atoms with Crippen molar-refractivity contribution in [2.75, 3.05) is 0 Å². The Hall–Kier alpha value is -0.790. The average molecular weight is 197 g/mol. The fourth-order valence-electron chi connectivity index (χ4n) is 1.41. The van der Waals surface area contributed by atoms with Gasteiger partial charge in [0.25, 0.3) is 0 Å². The fourth-order valence-corrected chi connectivity index (χ4v) is 1.41. The van der Waals surface area contributed by atoms with Crippen LogP contribution in [0.2, 0.25) is 0 Å². The first-order chi connectivity index (χ1) is 6.52. The molecule has 0 heterocycles. The molecule has 82 valence electrons. The number of hydrogen-bond donors (Lipinski definition) is 1. The Morgan fingerprint density at radius 3 is 2.50 bits per heavy atom.